The number of anilines is 1. The number of aromatic nitrogens is 3. The first kappa shape index (κ1) is 38.1. The molecule has 1 N–H and O–H groups in total. The molecule has 11 nitrogen and oxygen atoms in total. The summed E-state index contributed by atoms with van der Waals surface area (Å²) in [5, 5.41) is 11.1. The largest absolute Gasteiger partial charge is 0.573 e. The molecule has 0 unspecified atom stereocenters. The second-order valence-electron chi connectivity index (χ2n) is 12.1. The number of benzene rings is 2. The van der Waals surface area contributed by atoms with Crippen molar-refractivity contribution in [3.63, 3.8) is 0 Å². The van der Waals surface area contributed by atoms with Crippen LogP contribution in [0.5, 0.6) is 5.75 Å². The minimum absolute atomic E-state index is 0.00461. The van der Waals surface area contributed by atoms with Gasteiger partial charge in [-0.05, 0) is 69.0 Å². The topological polar surface area (TPSA) is 114 Å². The molecule has 0 aliphatic heterocycles. The fourth-order valence-corrected chi connectivity index (χ4v) is 5.04. The Morgan fingerprint density at radius 2 is 1.81 bits per heavy atom. The van der Waals surface area contributed by atoms with Gasteiger partial charge >= 0.3 is 12.5 Å². The third-order valence-electron chi connectivity index (χ3n) is 7.00. The molecule has 1 heterocycles. The average Bonchev–Trinajstić information content (AvgIpc) is 3.53. The van der Waals surface area contributed by atoms with Crippen molar-refractivity contribution in [2.75, 3.05) is 39.0 Å². The van der Waals surface area contributed by atoms with Crippen LogP contribution in [-0.2, 0) is 22.5 Å². The van der Waals surface area contributed by atoms with E-state index in [4.69, 9.17) is 16.3 Å². The quantitative estimate of drug-likeness (QED) is 0.136. The van der Waals surface area contributed by atoms with E-state index >= 15 is 0 Å². The molecule has 262 valence electrons. The molecule has 0 aliphatic rings. The zero-order valence-electron chi connectivity index (χ0n) is 28.1. The Morgan fingerprint density at radius 1 is 1.10 bits per heavy atom. The number of nitrogens with one attached hydrogen (secondary N) is 1. The number of rotatable bonds is 15. The van der Waals surface area contributed by atoms with Crippen molar-refractivity contribution in [2.24, 2.45) is 4.99 Å². The van der Waals surface area contributed by atoms with Gasteiger partial charge in [-0.25, -0.2) is 4.79 Å². The molecule has 0 bridgehead atoms. The number of hydrogen-bond donors (Lipinski definition) is 1. The number of alkyl halides is 3. The second kappa shape index (κ2) is 17.2. The van der Waals surface area contributed by atoms with Crippen molar-refractivity contribution in [3.05, 3.63) is 64.7 Å². The molecule has 2 aromatic carbocycles. The van der Waals surface area contributed by atoms with Gasteiger partial charge in [0.1, 0.15) is 24.0 Å². The summed E-state index contributed by atoms with van der Waals surface area (Å²) in [4.78, 5) is 33.3. The second-order valence-corrected chi connectivity index (χ2v) is 12.5. The highest BCUT2D eigenvalue weighted by Crippen LogP contribution is 2.31. The lowest BCUT2D eigenvalue weighted by Crippen LogP contribution is -2.39. The molecule has 3 aromatic rings. The zero-order valence-corrected chi connectivity index (χ0v) is 28.9. The maximum Gasteiger partial charge on any atom is 0.573 e. The van der Waals surface area contributed by atoms with Crippen LogP contribution in [0.15, 0.2) is 48.0 Å². The fourth-order valence-electron chi connectivity index (χ4n) is 4.80. The maximum absolute atomic E-state index is 13.1. The van der Waals surface area contributed by atoms with E-state index in [2.05, 4.69) is 38.2 Å². The van der Waals surface area contributed by atoms with Crippen LogP contribution in [0.1, 0.15) is 63.6 Å². The fraction of sp³-hybridized carbons (Fsp3) is 0.485. The van der Waals surface area contributed by atoms with Crippen molar-refractivity contribution < 1.29 is 32.2 Å². The number of carbonyl (C=O) groups excluding carboxylic acids is 2. The molecular weight excluding hydrogens is 651 g/mol. The smallest absolute Gasteiger partial charge is 0.444 e. The third-order valence-corrected chi connectivity index (χ3v) is 7.29. The predicted molar refractivity (Wildman–Crippen MR) is 179 cm³/mol. The Bertz CT molecular complexity index is 1540. The number of aliphatic imine (C=N–C) groups is 1. The highest BCUT2D eigenvalue weighted by Gasteiger charge is 2.32. The number of ether oxygens (including phenoxy) is 2. The monoisotopic (exact) mass is 693 g/mol. The molecule has 2 amide bonds. The van der Waals surface area contributed by atoms with Crippen molar-refractivity contribution >= 4 is 35.5 Å². The highest BCUT2D eigenvalue weighted by atomic mass is 35.5. The number of hydrogen-bond acceptors (Lipinski definition) is 8. The molecular formula is C33H43ClF3N7O4. The normalized spacial score (nSPS) is 11.9. The molecule has 48 heavy (non-hydrogen) atoms. The molecule has 1 aromatic heterocycles. The standard InChI is InChI=1S/C33H43ClF3N7O4/c1-7-9-24-17-25(44-21-40-41-22-44)18-28(26(24)19-38-5)39-13-8-14-42(6)30(45)12-15-43(31(46)48-32(2,3)4)20-23-10-11-29(27(34)16-23)47-33(35,36)37/h10-11,16-19,21-22,39H,7-9,12-15,20H2,1-6H3. The van der Waals surface area contributed by atoms with Crippen LogP contribution >= 0.6 is 11.6 Å². The summed E-state index contributed by atoms with van der Waals surface area (Å²) in [6, 6.07) is 7.86. The summed E-state index contributed by atoms with van der Waals surface area (Å²) in [6.07, 6.45) is 2.04. The van der Waals surface area contributed by atoms with Gasteiger partial charge in [-0.15, -0.1) is 23.4 Å². The van der Waals surface area contributed by atoms with E-state index in [9.17, 15) is 22.8 Å². The van der Waals surface area contributed by atoms with Gasteiger partial charge in [-0.1, -0.05) is 31.0 Å². The van der Waals surface area contributed by atoms with Gasteiger partial charge in [0.25, 0.3) is 0 Å². The SMILES string of the molecule is CCCc1cc(-n2cnnc2)cc(NCCCN(C)C(=O)CCN(Cc2ccc(OC(F)(F)F)c(Cl)c2)C(=O)OC(C)(C)C)c1C=NC. The van der Waals surface area contributed by atoms with E-state index in [1.54, 1.807) is 52.4 Å². The van der Waals surface area contributed by atoms with Crippen molar-refractivity contribution in [1.82, 2.24) is 24.6 Å². The van der Waals surface area contributed by atoms with Crippen LogP contribution in [-0.4, -0.2) is 88.5 Å². The van der Waals surface area contributed by atoms with Gasteiger partial charge in [0.2, 0.25) is 5.91 Å². The lowest BCUT2D eigenvalue weighted by molar-refractivity contribution is -0.274. The maximum atomic E-state index is 13.1. The van der Waals surface area contributed by atoms with Crippen molar-refractivity contribution in [1.29, 1.82) is 0 Å². The minimum atomic E-state index is -4.90. The van der Waals surface area contributed by atoms with E-state index in [-0.39, 0.29) is 30.4 Å². The first-order chi connectivity index (χ1) is 22.6. The van der Waals surface area contributed by atoms with Gasteiger partial charge in [-0.3, -0.25) is 14.4 Å². The van der Waals surface area contributed by atoms with E-state index in [0.29, 0.717) is 25.1 Å². The summed E-state index contributed by atoms with van der Waals surface area (Å²) in [7, 11) is 3.43. The van der Waals surface area contributed by atoms with Gasteiger partial charge in [0.05, 0.1) is 10.7 Å². The molecule has 0 saturated heterocycles. The molecule has 0 aliphatic carbocycles. The minimum Gasteiger partial charge on any atom is -0.444 e. The number of aryl methyl sites for hydroxylation is 1. The summed E-state index contributed by atoms with van der Waals surface area (Å²) in [5.41, 5.74) is 3.62. The average molecular weight is 694 g/mol. The Morgan fingerprint density at radius 3 is 2.42 bits per heavy atom. The Balaban J connectivity index is 1.62. The summed E-state index contributed by atoms with van der Waals surface area (Å²) in [5.74, 6) is -0.739. The number of carbonyl (C=O) groups is 2. The Kier molecular flexibility index (Phi) is 13.6. The van der Waals surface area contributed by atoms with Crippen molar-refractivity contribution in [3.8, 4) is 11.4 Å². The predicted octanol–water partition coefficient (Wildman–Crippen LogP) is 6.91. The number of halogens is 4. The van der Waals surface area contributed by atoms with Crippen LogP contribution in [0.4, 0.5) is 23.7 Å². The van der Waals surface area contributed by atoms with Gasteiger partial charge < -0.3 is 24.6 Å². The first-order valence-electron chi connectivity index (χ1n) is 15.5. The van der Waals surface area contributed by atoms with Crippen LogP contribution in [0.3, 0.4) is 0 Å². The van der Waals surface area contributed by atoms with Crippen LogP contribution in [0.2, 0.25) is 5.02 Å². The lowest BCUT2D eigenvalue weighted by atomic mass is 10.0. The highest BCUT2D eigenvalue weighted by molar-refractivity contribution is 6.32. The molecule has 0 atom stereocenters. The number of nitrogens with zero attached hydrogens (tertiary/aromatic N) is 6. The van der Waals surface area contributed by atoms with Gasteiger partial charge in [0.15, 0.2) is 0 Å². The summed E-state index contributed by atoms with van der Waals surface area (Å²) in [6.45, 7) is 8.27. The summed E-state index contributed by atoms with van der Waals surface area (Å²) >= 11 is 6.01. The van der Waals surface area contributed by atoms with Crippen LogP contribution in [0.25, 0.3) is 5.69 Å². The van der Waals surface area contributed by atoms with Crippen LogP contribution < -0.4 is 10.1 Å². The third kappa shape index (κ3) is 12.0. The molecule has 0 fully saturated rings. The van der Waals surface area contributed by atoms with Crippen LogP contribution in [0, 0.1) is 0 Å². The van der Waals surface area contributed by atoms with Crippen molar-refractivity contribution in [2.45, 2.75) is 71.9 Å². The van der Waals surface area contributed by atoms with E-state index in [0.717, 1.165) is 41.4 Å². The lowest BCUT2D eigenvalue weighted by Gasteiger charge is -2.28. The van der Waals surface area contributed by atoms with E-state index < -0.39 is 23.8 Å². The molecule has 0 radical (unpaired) electrons. The molecule has 15 heteroatoms. The molecule has 3 rings (SSSR count). The van der Waals surface area contributed by atoms with E-state index in [1.165, 1.54) is 17.0 Å². The van der Waals surface area contributed by atoms with Gasteiger partial charge in [0, 0.05) is 64.2 Å². The number of amides is 2. The zero-order chi connectivity index (χ0) is 35.5. The summed E-state index contributed by atoms with van der Waals surface area (Å²) < 4.78 is 49.3. The Hall–Kier alpha value is -4.33. The van der Waals surface area contributed by atoms with E-state index in [1.807, 2.05) is 16.8 Å². The first-order valence-corrected chi connectivity index (χ1v) is 15.9. The molecule has 0 spiro atoms. The van der Waals surface area contributed by atoms with Gasteiger partial charge in [-0.2, -0.15) is 0 Å². The Labute approximate surface area is 284 Å². The molecule has 0 saturated carbocycles.